The summed E-state index contributed by atoms with van der Waals surface area (Å²) in [7, 11) is 1.44. The van der Waals surface area contributed by atoms with Gasteiger partial charge in [-0.1, -0.05) is 0 Å². The minimum Gasteiger partial charge on any atom is -0.487 e. The van der Waals surface area contributed by atoms with Crippen LogP contribution in [0.15, 0.2) is 12.3 Å². The van der Waals surface area contributed by atoms with Crippen molar-refractivity contribution >= 4 is 18.4 Å². The molecular formula is C15H23BN2O3. The molecule has 1 saturated carbocycles. The van der Waals surface area contributed by atoms with Crippen molar-refractivity contribution in [2.24, 2.45) is 0 Å². The van der Waals surface area contributed by atoms with Gasteiger partial charge in [0.1, 0.15) is 0 Å². The third kappa shape index (κ3) is 2.74. The number of aromatic nitrogens is 1. The molecule has 0 spiro atoms. The minimum absolute atomic E-state index is 0.326. The summed E-state index contributed by atoms with van der Waals surface area (Å²) in [5.74, 6) is 1.52. The van der Waals surface area contributed by atoms with E-state index in [0.717, 1.165) is 29.9 Å². The van der Waals surface area contributed by atoms with Gasteiger partial charge in [-0.3, -0.25) is 0 Å². The zero-order valence-electron chi connectivity index (χ0n) is 13.4. The van der Waals surface area contributed by atoms with Crippen LogP contribution in [0.5, 0.6) is 5.75 Å². The van der Waals surface area contributed by atoms with Gasteiger partial charge in [0.15, 0.2) is 11.6 Å². The molecule has 0 bridgehead atoms. The Morgan fingerprint density at radius 1 is 1.24 bits per heavy atom. The number of nitrogens with zero attached hydrogens (tertiary/aromatic N) is 1. The molecule has 2 heterocycles. The maximum Gasteiger partial charge on any atom is 0.496 e. The average Bonchev–Trinajstić information content (AvgIpc) is 3.17. The van der Waals surface area contributed by atoms with Crippen LogP contribution in [0.1, 0.15) is 40.5 Å². The van der Waals surface area contributed by atoms with Gasteiger partial charge in [-0.15, -0.1) is 0 Å². The van der Waals surface area contributed by atoms with Crippen molar-refractivity contribution in [1.29, 1.82) is 0 Å². The van der Waals surface area contributed by atoms with E-state index in [-0.39, 0.29) is 11.2 Å². The second-order valence-corrected chi connectivity index (χ2v) is 6.77. The Hall–Kier alpha value is -1.27. The number of nitrogens with one attached hydrogen (secondary N) is 1. The number of pyridine rings is 1. The summed E-state index contributed by atoms with van der Waals surface area (Å²) in [6.07, 6.45) is 4.34. The second-order valence-electron chi connectivity index (χ2n) is 6.77. The van der Waals surface area contributed by atoms with Crippen LogP contribution in [0.25, 0.3) is 0 Å². The van der Waals surface area contributed by atoms with Crippen LogP contribution in [0.4, 0.5) is 5.82 Å². The van der Waals surface area contributed by atoms with E-state index in [2.05, 4.69) is 10.3 Å². The monoisotopic (exact) mass is 290 g/mol. The van der Waals surface area contributed by atoms with Crippen molar-refractivity contribution in [2.45, 2.75) is 57.8 Å². The molecule has 0 radical (unpaired) electrons. The molecule has 1 N–H and O–H groups in total. The number of hydrogen-bond acceptors (Lipinski definition) is 5. The molecule has 1 aromatic rings. The maximum absolute atomic E-state index is 6.06. The Morgan fingerprint density at radius 2 is 1.86 bits per heavy atom. The van der Waals surface area contributed by atoms with Crippen LogP contribution in [-0.2, 0) is 9.31 Å². The Balaban J connectivity index is 1.86. The molecule has 0 unspecified atom stereocenters. The molecule has 6 heteroatoms. The Labute approximate surface area is 126 Å². The summed E-state index contributed by atoms with van der Waals surface area (Å²) < 4.78 is 18.0. The summed E-state index contributed by atoms with van der Waals surface area (Å²) in [4.78, 5) is 4.42. The second kappa shape index (κ2) is 4.88. The van der Waals surface area contributed by atoms with E-state index in [1.165, 1.54) is 0 Å². The quantitative estimate of drug-likeness (QED) is 0.859. The van der Waals surface area contributed by atoms with Crippen molar-refractivity contribution in [3.63, 3.8) is 0 Å². The Bertz CT molecular complexity index is 528. The maximum atomic E-state index is 6.06. The van der Waals surface area contributed by atoms with Crippen LogP contribution in [0.3, 0.4) is 0 Å². The molecule has 3 rings (SSSR count). The number of ether oxygens (including phenoxy) is 1. The largest absolute Gasteiger partial charge is 0.496 e. The fraction of sp³-hybridized carbons (Fsp3) is 0.667. The highest BCUT2D eigenvalue weighted by Gasteiger charge is 2.52. The van der Waals surface area contributed by atoms with Crippen molar-refractivity contribution in [3.8, 4) is 5.75 Å². The first-order valence-electron chi connectivity index (χ1n) is 7.52. The van der Waals surface area contributed by atoms with E-state index in [0.29, 0.717) is 6.10 Å². The molecule has 1 aromatic heterocycles. The van der Waals surface area contributed by atoms with Crippen LogP contribution in [-0.4, -0.2) is 36.5 Å². The fourth-order valence-corrected chi connectivity index (χ4v) is 2.21. The lowest BCUT2D eigenvalue weighted by molar-refractivity contribution is 0.00578. The van der Waals surface area contributed by atoms with Crippen LogP contribution in [0, 0.1) is 0 Å². The van der Waals surface area contributed by atoms with Gasteiger partial charge in [0.2, 0.25) is 0 Å². The van der Waals surface area contributed by atoms with Crippen LogP contribution in [0.2, 0.25) is 0 Å². The van der Waals surface area contributed by atoms with Gasteiger partial charge in [0.25, 0.3) is 0 Å². The van der Waals surface area contributed by atoms with E-state index in [1.807, 2.05) is 40.8 Å². The normalized spacial score (nSPS) is 23.2. The predicted molar refractivity (Wildman–Crippen MR) is 83.1 cm³/mol. The van der Waals surface area contributed by atoms with Gasteiger partial charge >= 0.3 is 7.12 Å². The van der Waals surface area contributed by atoms with Crippen molar-refractivity contribution in [2.75, 3.05) is 12.4 Å². The molecule has 114 valence electrons. The molecular weight excluding hydrogens is 267 g/mol. The molecule has 5 nitrogen and oxygen atoms in total. The van der Waals surface area contributed by atoms with Crippen molar-refractivity contribution < 1.29 is 14.0 Å². The number of anilines is 1. The molecule has 2 fully saturated rings. The van der Waals surface area contributed by atoms with Crippen molar-refractivity contribution in [1.82, 2.24) is 4.98 Å². The number of hydrogen-bond donors (Lipinski definition) is 1. The molecule has 1 saturated heterocycles. The number of rotatable bonds is 4. The van der Waals surface area contributed by atoms with Gasteiger partial charge in [0, 0.05) is 18.7 Å². The topological polar surface area (TPSA) is 52.6 Å². The smallest absolute Gasteiger partial charge is 0.487 e. The molecule has 0 amide bonds. The molecule has 1 aliphatic carbocycles. The molecule has 0 aromatic carbocycles. The van der Waals surface area contributed by atoms with Crippen LogP contribution >= 0.6 is 0 Å². The van der Waals surface area contributed by atoms with Gasteiger partial charge < -0.3 is 19.4 Å². The van der Waals surface area contributed by atoms with E-state index in [9.17, 15) is 0 Å². The lowest BCUT2D eigenvalue weighted by atomic mass is 9.80. The van der Waals surface area contributed by atoms with Gasteiger partial charge in [-0.2, -0.15) is 0 Å². The van der Waals surface area contributed by atoms with E-state index < -0.39 is 7.12 Å². The lowest BCUT2D eigenvalue weighted by Crippen LogP contribution is -2.41. The van der Waals surface area contributed by atoms with E-state index in [4.69, 9.17) is 14.0 Å². The first-order chi connectivity index (χ1) is 9.82. The van der Waals surface area contributed by atoms with Crippen LogP contribution < -0.4 is 15.5 Å². The zero-order valence-corrected chi connectivity index (χ0v) is 13.4. The van der Waals surface area contributed by atoms with E-state index in [1.54, 1.807) is 6.20 Å². The third-order valence-corrected chi connectivity index (χ3v) is 4.45. The molecule has 0 atom stereocenters. The lowest BCUT2D eigenvalue weighted by Gasteiger charge is -2.32. The summed E-state index contributed by atoms with van der Waals surface area (Å²) in [6, 6.07) is 1.97. The average molecular weight is 290 g/mol. The highest BCUT2D eigenvalue weighted by molar-refractivity contribution is 6.62. The summed E-state index contributed by atoms with van der Waals surface area (Å²) in [5.41, 5.74) is 0.191. The third-order valence-electron chi connectivity index (χ3n) is 4.45. The predicted octanol–water partition coefficient (Wildman–Crippen LogP) is 1.96. The fourth-order valence-electron chi connectivity index (χ4n) is 2.21. The first-order valence-corrected chi connectivity index (χ1v) is 7.52. The highest BCUT2D eigenvalue weighted by atomic mass is 16.7. The molecule has 1 aliphatic heterocycles. The zero-order chi connectivity index (χ0) is 15.3. The SMILES string of the molecule is CNc1ncc(B2OC(C)(C)C(C)(C)O2)cc1OC1CC1. The standard InChI is InChI=1S/C15H23BN2O3/c1-14(2)15(3,4)21-16(20-14)10-8-12(19-11-6-7-11)13(17-5)18-9-10/h8-9,11H,6-7H2,1-5H3,(H,17,18). The van der Waals surface area contributed by atoms with Gasteiger partial charge in [0.05, 0.1) is 17.3 Å². The Kier molecular flexibility index (Phi) is 3.41. The highest BCUT2D eigenvalue weighted by Crippen LogP contribution is 2.37. The summed E-state index contributed by atoms with van der Waals surface area (Å²) >= 11 is 0. The van der Waals surface area contributed by atoms with E-state index >= 15 is 0 Å². The summed E-state index contributed by atoms with van der Waals surface area (Å²) in [5, 5.41) is 3.06. The minimum atomic E-state index is -0.407. The summed E-state index contributed by atoms with van der Waals surface area (Å²) in [6.45, 7) is 8.18. The first kappa shape index (κ1) is 14.7. The molecule has 21 heavy (non-hydrogen) atoms. The Morgan fingerprint density at radius 3 is 2.38 bits per heavy atom. The van der Waals surface area contributed by atoms with Gasteiger partial charge in [-0.05, 0) is 46.6 Å². The van der Waals surface area contributed by atoms with Crippen molar-refractivity contribution in [3.05, 3.63) is 12.3 Å². The van der Waals surface area contributed by atoms with Gasteiger partial charge in [-0.25, -0.2) is 4.98 Å². The molecule has 2 aliphatic rings.